The highest BCUT2D eigenvalue weighted by Crippen LogP contribution is 2.44. The van der Waals surface area contributed by atoms with Crippen LogP contribution in [0.3, 0.4) is 0 Å². The van der Waals surface area contributed by atoms with E-state index in [4.69, 9.17) is 4.74 Å². The van der Waals surface area contributed by atoms with Crippen LogP contribution in [0.15, 0.2) is 42.5 Å². The summed E-state index contributed by atoms with van der Waals surface area (Å²) in [5.74, 6) is 0.221. The summed E-state index contributed by atoms with van der Waals surface area (Å²) >= 11 is 0. The average Bonchev–Trinajstić information content (AvgIpc) is 3.32. The van der Waals surface area contributed by atoms with Crippen molar-refractivity contribution in [1.82, 2.24) is 20.2 Å². The van der Waals surface area contributed by atoms with Gasteiger partial charge in [-0.1, -0.05) is 43.5 Å². The number of aromatic nitrogens is 2. The maximum absolute atomic E-state index is 13.4. The first-order valence-corrected chi connectivity index (χ1v) is 11.0. The number of aliphatic hydroxyl groups is 1. The van der Waals surface area contributed by atoms with E-state index in [0.29, 0.717) is 40.2 Å². The molecule has 8 heteroatoms. The summed E-state index contributed by atoms with van der Waals surface area (Å²) in [7, 11) is 1.47. The van der Waals surface area contributed by atoms with E-state index in [0.717, 1.165) is 25.7 Å². The van der Waals surface area contributed by atoms with Crippen molar-refractivity contribution in [2.45, 2.75) is 37.8 Å². The van der Waals surface area contributed by atoms with Crippen LogP contribution in [0.5, 0.6) is 6.01 Å². The number of carbonyl (C=O) groups is 2. The third-order valence-electron chi connectivity index (χ3n) is 6.59. The molecule has 2 heterocycles. The number of aromatic amines is 1. The lowest BCUT2D eigenvalue weighted by molar-refractivity contribution is -0.0577. The van der Waals surface area contributed by atoms with E-state index in [9.17, 15) is 14.7 Å². The zero-order valence-electron chi connectivity index (χ0n) is 17.9. The molecule has 1 atom stereocenters. The number of ether oxygens (including phenoxy) is 1. The van der Waals surface area contributed by atoms with Gasteiger partial charge in [0.25, 0.3) is 5.91 Å². The number of imidazole rings is 1. The highest BCUT2D eigenvalue weighted by atomic mass is 16.6. The van der Waals surface area contributed by atoms with Crippen LogP contribution in [-0.2, 0) is 5.72 Å². The molecule has 0 radical (unpaired) electrons. The number of fused-ring (bicyclic) bond motifs is 2. The highest BCUT2D eigenvalue weighted by molar-refractivity contribution is 6.00. The number of benzene rings is 2. The molecule has 2 amide bonds. The molecule has 8 nitrogen and oxygen atoms in total. The lowest BCUT2D eigenvalue weighted by Gasteiger charge is -2.38. The van der Waals surface area contributed by atoms with Crippen LogP contribution >= 0.6 is 0 Å². The first-order chi connectivity index (χ1) is 15.5. The maximum Gasteiger partial charge on any atom is 0.414 e. The Morgan fingerprint density at radius 3 is 2.81 bits per heavy atom. The maximum atomic E-state index is 13.4. The number of carbonyl (C=O) groups excluding carboxylic acids is 2. The molecule has 0 spiro atoms. The summed E-state index contributed by atoms with van der Waals surface area (Å²) in [5.41, 5.74) is 1.29. The first-order valence-electron chi connectivity index (χ1n) is 11.0. The van der Waals surface area contributed by atoms with Gasteiger partial charge in [-0.15, -0.1) is 0 Å². The lowest BCUT2D eigenvalue weighted by atomic mass is 9.87. The van der Waals surface area contributed by atoms with Crippen LogP contribution in [0.2, 0.25) is 0 Å². The Kier molecular flexibility index (Phi) is 5.09. The molecule has 1 saturated carbocycles. The van der Waals surface area contributed by atoms with E-state index in [1.54, 1.807) is 29.2 Å². The molecule has 0 bridgehead atoms. The largest absolute Gasteiger partial charge is 0.414 e. The Morgan fingerprint density at radius 2 is 2.03 bits per heavy atom. The van der Waals surface area contributed by atoms with Gasteiger partial charge in [-0.3, -0.25) is 4.79 Å². The minimum absolute atomic E-state index is 0.0606. The van der Waals surface area contributed by atoms with Crippen molar-refractivity contribution < 1.29 is 19.4 Å². The normalized spacial score (nSPS) is 21.1. The topological polar surface area (TPSA) is 108 Å². The minimum Gasteiger partial charge on any atom is -0.375 e. The summed E-state index contributed by atoms with van der Waals surface area (Å²) in [6.45, 7) is 0.510. The summed E-state index contributed by atoms with van der Waals surface area (Å²) < 4.78 is 5.09. The van der Waals surface area contributed by atoms with Crippen LogP contribution in [-0.4, -0.2) is 45.6 Å². The van der Waals surface area contributed by atoms with Crippen molar-refractivity contribution >= 4 is 23.0 Å². The van der Waals surface area contributed by atoms with E-state index in [-0.39, 0.29) is 11.9 Å². The molecule has 0 saturated heterocycles. The van der Waals surface area contributed by atoms with Crippen LogP contribution in [0.25, 0.3) is 11.0 Å². The van der Waals surface area contributed by atoms with E-state index in [1.807, 2.05) is 18.2 Å². The Hall–Kier alpha value is -3.39. The Balaban J connectivity index is 1.56. The van der Waals surface area contributed by atoms with Crippen LogP contribution in [0.1, 0.15) is 53.6 Å². The highest BCUT2D eigenvalue weighted by Gasteiger charge is 2.50. The van der Waals surface area contributed by atoms with Crippen molar-refractivity contribution in [3.05, 3.63) is 59.2 Å². The zero-order valence-corrected chi connectivity index (χ0v) is 17.9. The number of hydrogen-bond donors (Lipinski definition) is 3. The molecule has 2 aromatic carbocycles. The number of amides is 2. The molecule has 32 heavy (non-hydrogen) atoms. The number of nitrogens with zero attached hydrogens (tertiary/aromatic N) is 2. The van der Waals surface area contributed by atoms with E-state index in [1.165, 1.54) is 13.5 Å². The standard InChI is InChI=1S/C24H26N4O4/c1-25-23(30)32-22-26-19-12-11-16(13-20(19)27-22)24(31)18-10-6-5-9-17(18)21(29)28(24)14-15-7-3-2-4-8-15/h5-6,9-13,15,31H,2-4,7-8,14H2,1H3,(H,25,30)(H,26,27). The van der Waals surface area contributed by atoms with Crippen molar-refractivity contribution in [2.75, 3.05) is 13.6 Å². The van der Waals surface area contributed by atoms with Gasteiger partial charge in [0.1, 0.15) is 0 Å². The zero-order chi connectivity index (χ0) is 22.3. The molecule has 1 aliphatic carbocycles. The van der Waals surface area contributed by atoms with E-state index in [2.05, 4.69) is 15.3 Å². The predicted octanol–water partition coefficient (Wildman–Crippen LogP) is 3.51. The minimum atomic E-state index is -1.58. The van der Waals surface area contributed by atoms with Gasteiger partial charge in [0.15, 0.2) is 5.72 Å². The molecule has 5 rings (SSSR count). The number of nitrogens with one attached hydrogen (secondary N) is 2. The van der Waals surface area contributed by atoms with Gasteiger partial charge in [-0.2, -0.15) is 4.98 Å². The van der Waals surface area contributed by atoms with Gasteiger partial charge in [0.05, 0.1) is 11.0 Å². The smallest absolute Gasteiger partial charge is 0.375 e. The molecule has 1 unspecified atom stereocenters. The van der Waals surface area contributed by atoms with Crippen molar-refractivity contribution in [3.8, 4) is 6.01 Å². The van der Waals surface area contributed by atoms with Crippen LogP contribution < -0.4 is 10.1 Å². The van der Waals surface area contributed by atoms with E-state index >= 15 is 0 Å². The van der Waals surface area contributed by atoms with E-state index < -0.39 is 11.8 Å². The monoisotopic (exact) mass is 434 g/mol. The van der Waals surface area contributed by atoms with Crippen LogP contribution in [0, 0.1) is 5.92 Å². The Labute approximate surface area is 185 Å². The average molecular weight is 434 g/mol. The second-order valence-electron chi connectivity index (χ2n) is 8.55. The third-order valence-corrected chi connectivity index (χ3v) is 6.59. The SMILES string of the molecule is CNC(=O)Oc1nc2ccc(C3(O)c4ccccc4C(=O)N3CC3CCCCC3)cc2[nH]1. The summed E-state index contributed by atoms with van der Waals surface area (Å²) in [6, 6.07) is 12.6. The van der Waals surface area contributed by atoms with Crippen LogP contribution in [0.4, 0.5) is 4.79 Å². The van der Waals surface area contributed by atoms with Gasteiger partial charge in [-0.05, 0) is 37.0 Å². The fourth-order valence-corrected chi connectivity index (χ4v) is 4.96. The molecule has 3 aromatic rings. The van der Waals surface area contributed by atoms with Gasteiger partial charge in [-0.25, -0.2) is 4.79 Å². The Bertz CT molecular complexity index is 1180. The second-order valence-corrected chi connectivity index (χ2v) is 8.55. The van der Waals surface area contributed by atoms with Crippen molar-refractivity contribution in [1.29, 1.82) is 0 Å². The quantitative estimate of drug-likeness (QED) is 0.582. The number of H-pyrrole nitrogens is 1. The molecule has 166 valence electrons. The molecular formula is C24H26N4O4. The number of hydrogen-bond acceptors (Lipinski definition) is 5. The van der Waals surface area contributed by atoms with Gasteiger partial charge in [0.2, 0.25) is 0 Å². The number of rotatable bonds is 4. The predicted molar refractivity (Wildman–Crippen MR) is 118 cm³/mol. The lowest BCUT2D eigenvalue weighted by Crippen LogP contribution is -2.47. The Morgan fingerprint density at radius 1 is 1.25 bits per heavy atom. The van der Waals surface area contributed by atoms with Crippen molar-refractivity contribution in [3.63, 3.8) is 0 Å². The van der Waals surface area contributed by atoms with Gasteiger partial charge in [0, 0.05) is 30.3 Å². The summed E-state index contributed by atoms with van der Waals surface area (Å²) in [4.78, 5) is 33.7. The fraction of sp³-hybridized carbons (Fsp3) is 0.375. The fourth-order valence-electron chi connectivity index (χ4n) is 4.96. The molecular weight excluding hydrogens is 408 g/mol. The summed E-state index contributed by atoms with van der Waals surface area (Å²) in [6.07, 6.45) is 5.05. The van der Waals surface area contributed by atoms with Gasteiger partial charge < -0.3 is 25.0 Å². The second kappa shape index (κ2) is 7.94. The van der Waals surface area contributed by atoms with Gasteiger partial charge >= 0.3 is 12.1 Å². The first kappa shape index (κ1) is 20.5. The summed E-state index contributed by atoms with van der Waals surface area (Å²) in [5, 5.41) is 14.5. The molecule has 1 aliphatic heterocycles. The molecule has 1 fully saturated rings. The third kappa shape index (κ3) is 3.31. The molecule has 3 N–H and O–H groups in total. The molecule has 1 aromatic heterocycles. The molecule has 2 aliphatic rings. The van der Waals surface area contributed by atoms with Crippen molar-refractivity contribution in [2.24, 2.45) is 5.92 Å².